The number of hydrogen-bond donors (Lipinski definition) is 1. The normalized spacial score (nSPS) is 11.9. The zero-order chi connectivity index (χ0) is 14.6. The van der Waals surface area contributed by atoms with Crippen molar-refractivity contribution in [1.82, 2.24) is 0 Å². The van der Waals surface area contributed by atoms with Gasteiger partial charge in [0.15, 0.2) is 0 Å². The molecule has 1 rings (SSSR count). The van der Waals surface area contributed by atoms with Crippen molar-refractivity contribution in [3.8, 4) is 5.75 Å². The molecule has 0 spiro atoms. The lowest BCUT2D eigenvalue weighted by molar-refractivity contribution is -0.385. The first-order valence-electron chi connectivity index (χ1n) is 5.95. The number of ether oxygens (including phenoxy) is 1. The number of nitro benzene ring substituents is 1. The fourth-order valence-electron chi connectivity index (χ4n) is 1.70. The van der Waals surface area contributed by atoms with Crippen molar-refractivity contribution in [1.29, 1.82) is 0 Å². The van der Waals surface area contributed by atoms with Crippen molar-refractivity contribution in [2.45, 2.75) is 39.7 Å². The Kier molecular flexibility index (Phi) is 4.86. The van der Waals surface area contributed by atoms with E-state index in [0.29, 0.717) is 23.3 Å². The van der Waals surface area contributed by atoms with Crippen LogP contribution in [0.3, 0.4) is 0 Å². The van der Waals surface area contributed by atoms with E-state index < -0.39 is 10.9 Å². The first kappa shape index (κ1) is 14.9. The molecule has 0 aliphatic rings. The molecule has 0 amide bonds. The third kappa shape index (κ3) is 4.24. The van der Waals surface area contributed by atoms with E-state index in [9.17, 15) is 14.9 Å². The molecular formula is C13H17NO5. The number of carboxylic acid groups (broad SMARTS) is 1. The van der Waals surface area contributed by atoms with Gasteiger partial charge in [0.1, 0.15) is 5.75 Å². The summed E-state index contributed by atoms with van der Waals surface area (Å²) in [6.07, 6.45) is 0.174. The molecule has 0 saturated heterocycles. The molecule has 0 aromatic heterocycles. The van der Waals surface area contributed by atoms with Crippen LogP contribution in [0.4, 0.5) is 5.69 Å². The second kappa shape index (κ2) is 6.17. The van der Waals surface area contributed by atoms with Crippen LogP contribution in [0, 0.1) is 24.0 Å². The van der Waals surface area contributed by atoms with E-state index in [1.54, 1.807) is 26.8 Å². The van der Waals surface area contributed by atoms with Gasteiger partial charge >= 0.3 is 5.97 Å². The number of carboxylic acids is 1. The van der Waals surface area contributed by atoms with Gasteiger partial charge in [-0.1, -0.05) is 0 Å². The van der Waals surface area contributed by atoms with Crippen LogP contribution in [0.5, 0.6) is 5.75 Å². The van der Waals surface area contributed by atoms with Gasteiger partial charge in [0.05, 0.1) is 11.0 Å². The van der Waals surface area contributed by atoms with Gasteiger partial charge < -0.3 is 9.84 Å². The molecule has 1 atom stereocenters. The standard InChI is InChI=1S/C13H17NO5/c1-8-7-12(9(2)6-11(8)14(17)18)19-10(3)4-5-13(15)16/h6-7,10H,4-5H2,1-3H3,(H,15,16). The van der Waals surface area contributed by atoms with Crippen LogP contribution in [0.25, 0.3) is 0 Å². The highest BCUT2D eigenvalue weighted by molar-refractivity contribution is 5.66. The number of nitrogens with zero attached hydrogens (tertiary/aromatic N) is 1. The van der Waals surface area contributed by atoms with E-state index in [4.69, 9.17) is 9.84 Å². The van der Waals surface area contributed by atoms with Gasteiger partial charge in [-0.25, -0.2) is 0 Å². The Morgan fingerprint density at radius 1 is 1.42 bits per heavy atom. The van der Waals surface area contributed by atoms with Gasteiger partial charge in [-0.15, -0.1) is 0 Å². The van der Waals surface area contributed by atoms with Crippen LogP contribution >= 0.6 is 0 Å². The van der Waals surface area contributed by atoms with Gasteiger partial charge in [-0.2, -0.15) is 0 Å². The highest BCUT2D eigenvalue weighted by atomic mass is 16.6. The quantitative estimate of drug-likeness (QED) is 0.632. The zero-order valence-electron chi connectivity index (χ0n) is 11.2. The van der Waals surface area contributed by atoms with Gasteiger partial charge in [-0.05, 0) is 38.8 Å². The third-order valence-electron chi connectivity index (χ3n) is 2.78. The molecule has 19 heavy (non-hydrogen) atoms. The minimum absolute atomic E-state index is 0.0339. The Labute approximate surface area is 111 Å². The summed E-state index contributed by atoms with van der Waals surface area (Å²) < 4.78 is 5.63. The number of carbonyl (C=O) groups is 1. The molecule has 0 aliphatic carbocycles. The van der Waals surface area contributed by atoms with Crippen molar-refractivity contribution in [2.75, 3.05) is 0 Å². The molecule has 0 saturated carbocycles. The van der Waals surface area contributed by atoms with Crippen LogP contribution < -0.4 is 4.74 Å². The topological polar surface area (TPSA) is 89.7 Å². The average Bonchev–Trinajstić information content (AvgIpc) is 2.30. The van der Waals surface area contributed by atoms with Gasteiger partial charge in [0.25, 0.3) is 5.69 Å². The maximum atomic E-state index is 10.8. The minimum atomic E-state index is -0.868. The maximum absolute atomic E-state index is 10.8. The molecule has 1 aromatic carbocycles. The molecule has 6 nitrogen and oxygen atoms in total. The third-order valence-corrected chi connectivity index (χ3v) is 2.78. The molecule has 0 heterocycles. The summed E-state index contributed by atoms with van der Waals surface area (Å²) in [5, 5.41) is 19.4. The Morgan fingerprint density at radius 2 is 2.05 bits per heavy atom. The molecule has 0 bridgehead atoms. The number of rotatable bonds is 6. The van der Waals surface area contributed by atoms with Crippen molar-refractivity contribution >= 4 is 11.7 Å². The largest absolute Gasteiger partial charge is 0.490 e. The van der Waals surface area contributed by atoms with E-state index >= 15 is 0 Å². The molecule has 1 N–H and O–H groups in total. The van der Waals surface area contributed by atoms with Crippen LogP contribution in [-0.4, -0.2) is 22.1 Å². The Balaban J connectivity index is 2.82. The molecule has 1 unspecified atom stereocenters. The molecular weight excluding hydrogens is 250 g/mol. The summed E-state index contributed by atoms with van der Waals surface area (Å²) in [6, 6.07) is 3.08. The highest BCUT2D eigenvalue weighted by Crippen LogP contribution is 2.28. The first-order chi connectivity index (χ1) is 8.81. The van der Waals surface area contributed by atoms with Gasteiger partial charge in [0.2, 0.25) is 0 Å². The molecule has 0 aliphatic heterocycles. The van der Waals surface area contributed by atoms with E-state index in [1.165, 1.54) is 6.07 Å². The summed E-state index contributed by atoms with van der Waals surface area (Å²) in [5.41, 5.74) is 1.25. The average molecular weight is 267 g/mol. The van der Waals surface area contributed by atoms with Crippen LogP contribution in [0.1, 0.15) is 30.9 Å². The van der Waals surface area contributed by atoms with Crippen LogP contribution in [0.2, 0.25) is 0 Å². The van der Waals surface area contributed by atoms with E-state index in [0.717, 1.165) is 0 Å². The lowest BCUT2D eigenvalue weighted by Crippen LogP contribution is -2.14. The van der Waals surface area contributed by atoms with Crippen LogP contribution in [-0.2, 0) is 4.79 Å². The summed E-state index contributed by atoms with van der Waals surface area (Å²) in [6.45, 7) is 5.15. The van der Waals surface area contributed by atoms with E-state index in [1.807, 2.05) is 0 Å². The maximum Gasteiger partial charge on any atom is 0.303 e. The highest BCUT2D eigenvalue weighted by Gasteiger charge is 2.15. The minimum Gasteiger partial charge on any atom is -0.490 e. The SMILES string of the molecule is Cc1cc([N+](=O)[O-])c(C)cc1OC(C)CCC(=O)O. The predicted molar refractivity (Wildman–Crippen MR) is 69.5 cm³/mol. The van der Waals surface area contributed by atoms with Crippen molar-refractivity contribution in [2.24, 2.45) is 0 Å². The Hall–Kier alpha value is -2.11. The molecule has 0 radical (unpaired) electrons. The predicted octanol–water partition coefficient (Wildman–Crippen LogP) is 2.84. The lowest BCUT2D eigenvalue weighted by atomic mass is 10.1. The van der Waals surface area contributed by atoms with E-state index in [2.05, 4.69) is 0 Å². The number of aryl methyl sites for hydroxylation is 2. The molecule has 1 aromatic rings. The molecule has 0 fully saturated rings. The fourth-order valence-corrected chi connectivity index (χ4v) is 1.70. The second-order valence-electron chi connectivity index (χ2n) is 4.52. The van der Waals surface area contributed by atoms with Crippen molar-refractivity contribution in [3.05, 3.63) is 33.4 Å². The summed E-state index contributed by atoms with van der Waals surface area (Å²) in [4.78, 5) is 20.8. The summed E-state index contributed by atoms with van der Waals surface area (Å²) in [5.74, 6) is -0.312. The Bertz CT molecular complexity index is 498. The van der Waals surface area contributed by atoms with E-state index in [-0.39, 0.29) is 18.2 Å². The fraction of sp³-hybridized carbons (Fsp3) is 0.462. The smallest absolute Gasteiger partial charge is 0.303 e. The monoisotopic (exact) mass is 267 g/mol. The number of benzene rings is 1. The molecule has 104 valence electrons. The van der Waals surface area contributed by atoms with Gasteiger partial charge in [0, 0.05) is 18.1 Å². The van der Waals surface area contributed by atoms with Gasteiger partial charge in [-0.3, -0.25) is 14.9 Å². The van der Waals surface area contributed by atoms with Crippen molar-refractivity contribution in [3.63, 3.8) is 0 Å². The summed E-state index contributed by atoms with van der Waals surface area (Å²) >= 11 is 0. The second-order valence-corrected chi connectivity index (χ2v) is 4.52. The first-order valence-corrected chi connectivity index (χ1v) is 5.95. The summed E-state index contributed by atoms with van der Waals surface area (Å²) in [7, 11) is 0. The van der Waals surface area contributed by atoms with Crippen LogP contribution in [0.15, 0.2) is 12.1 Å². The number of nitro groups is 1. The Morgan fingerprint density at radius 3 is 2.58 bits per heavy atom. The number of hydrogen-bond acceptors (Lipinski definition) is 4. The molecule has 6 heteroatoms. The van der Waals surface area contributed by atoms with Crippen molar-refractivity contribution < 1.29 is 19.6 Å². The lowest BCUT2D eigenvalue weighted by Gasteiger charge is -2.16. The number of aliphatic carboxylic acids is 1. The zero-order valence-corrected chi connectivity index (χ0v) is 11.2.